The monoisotopic (exact) mass is 167 g/mol. The molecule has 1 aliphatic carbocycles. The summed E-state index contributed by atoms with van der Waals surface area (Å²) < 4.78 is 0. The Morgan fingerprint density at radius 2 is 2.00 bits per heavy atom. The molecule has 3 rings (SSSR count). The van der Waals surface area contributed by atoms with Crippen LogP contribution >= 0.6 is 0 Å². The lowest BCUT2D eigenvalue weighted by molar-refractivity contribution is -0.0325. The largest absolute Gasteiger partial charge is 0.298 e. The summed E-state index contributed by atoms with van der Waals surface area (Å²) in [4.78, 5) is 2.72. The average Bonchev–Trinajstić information content (AvgIpc) is 2.05. The topological polar surface area (TPSA) is 3.24 Å². The zero-order valence-electron chi connectivity index (χ0n) is 8.59. The molecule has 3 fully saturated rings. The minimum absolute atomic E-state index is 0.859. The van der Waals surface area contributed by atoms with Gasteiger partial charge in [0, 0.05) is 12.1 Å². The SMILES string of the molecule is CCN1C2CCC(C(C)C2)C1C. The molecule has 2 bridgehead atoms. The average molecular weight is 167 g/mol. The lowest BCUT2D eigenvalue weighted by atomic mass is 9.69. The van der Waals surface area contributed by atoms with E-state index in [9.17, 15) is 0 Å². The second kappa shape index (κ2) is 3.02. The summed E-state index contributed by atoms with van der Waals surface area (Å²) in [6.07, 6.45) is 4.42. The Balaban J connectivity index is 2.14. The molecule has 0 spiro atoms. The Hall–Kier alpha value is -0.0400. The van der Waals surface area contributed by atoms with E-state index in [4.69, 9.17) is 0 Å². The van der Waals surface area contributed by atoms with Crippen molar-refractivity contribution in [3.8, 4) is 0 Å². The van der Waals surface area contributed by atoms with Gasteiger partial charge in [0.15, 0.2) is 0 Å². The van der Waals surface area contributed by atoms with Crippen molar-refractivity contribution in [1.29, 1.82) is 0 Å². The van der Waals surface area contributed by atoms with Gasteiger partial charge in [-0.25, -0.2) is 0 Å². The summed E-state index contributed by atoms with van der Waals surface area (Å²) in [5.41, 5.74) is 0. The Kier molecular flexibility index (Phi) is 2.16. The van der Waals surface area contributed by atoms with Crippen LogP contribution in [-0.4, -0.2) is 23.5 Å². The van der Waals surface area contributed by atoms with Crippen LogP contribution in [0.25, 0.3) is 0 Å². The zero-order chi connectivity index (χ0) is 8.72. The number of nitrogens with zero attached hydrogens (tertiary/aromatic N) is 1. The highest BCUT2D eigenvalue weighted by Crippen LogP contribution is 2.42. The molecule has 1 nitrogen and oxygen atoms in total. The van der Waals surface area contributed by atoms with Crippen molar-refractivity contribution in [1.82, 2.24) is 4.90 Å². The summed E-state index contributed by atoms with van der Waals surface area (Å²) in [6, 6.07) is 1.78. The van der Waals surface area contributed by atoms with Gasteiger partial charge in [-0.2, -0.15) is 0 Å². The molecule has 0 aromatic rings. The minimum Gasteiger partial charge on any atom is -0.298 e. The fraction of sp³-hybridized carbons (Fsp3) is 1.00. The van der Waals surface area contributed by atoms with E-state index in [1.165, 1.54) is 25.8 Å². The maximum Gasteiger partial charge on any atom is 0.0101 e. The summed E-state index contributed by atoms with van der Waals surface area (Å²) in [5, 5.41) is 0. The molecule has 70 valence electrons. The van der Waals surface area contributed by atoms with Crippen LogP contribution in [0.3, 0.4) is 0 Å². The predicted molar refractivity (Wildman–Crippen MR) is 52.1 cm³/mol. The van der Waals surface area contributed by atoms with Crippen molar-refractivity contribution in [2.45, 2.75) is 52.1 Å². The molecule has 1 saturated carbocycles. The van der Waals surface area contributed by atoms with Crippen molar-refractivity contribution in [2.24, 2.45) is 11.8 Å². The smallest absolute Gasteiger partial charge is 0.0101 e. The number of rotatable bonds is 1. The second-order valence-corrected chi connectivity index (χ2v) is 4.68. The van der Waals surface area contributed by atoms with Gasteiger partial charge in [-0.05, 0) is 44.6 Å². The molecule has 2 aliphatic heterocycles. The molecule has 0 aromatic heterocycles. The van der Waals surface area contributed by atoms with Gasteiger partial charge in [0.1, 0.15) is 0 Å². The van der Waals surface area contributed by atoms with Crippen LogP contribution < -0.4 is 0 Å². The van der Waals surface area contributed by atoms with Crippen LogP contribution in [0.15, 0.2) is 0 Å². The van der Waals surface area contributed by atoms with Gasteiger partial charge in [-0.1, -0.05) is 13.8 Å². The lowest BCUT2D eigenvalue weighted by Gasteiger charge is -2.53. The number of fused-ring (bicyclic) bond motifs is 3. The molecule has 2 saturated heterocycles. The predicted octanol–water partition coefficient (Wildman–Crippen LogP) is 2.52. The maximum atomic E-state index is 2.72. The molecule has 12 heavy (non-hydrogen) atoms. The first-order chi connectivity index (χ1) is 5.74. The first-order valence-electron chi connectivity index (χ1n) is 5.49. The summed E-state index contributed by atoms with van der Waals surface area (Å²) >= 11 is 0. The molecular formula is C11H21N. The van der Waals surface area contributed by atoms with E-state index in [2.05, 4.69) is 25.7 Å². The molecular weight excluding hydrogens is 146 g/mol. The summed E-state index contributed by atoms with van der Waals surface area (Å²) in [5.74, 6) is 1.98. The molecule has 2 heterocycles. The van der Waals surface area contributed by atoms with Crippen LogP contribution in [-0.2, 0) is 0 Å². The van der Waals surface area contributed by atoms with Crippen LogP contribution in [0.1, 0.15) is 40.0 Å². The quantitative estimate of drug-likeness (QED) is 0.580. The van der Waals surface area contributed by atoms with Crippen LogP contribution in [0, 0.1) is 11.8 Å². The summed E-state index contributed by atoms with van der Waals surface area (Å²) in [7, 11) is 0. The molecule has 0 amide bonds. The van der Waals surface area contributed by atoms with Gasteiger partial charge >= 0.3 is 0 Å². The fourth-order valence-electron chi connectivity index (χ4n) is 3.53. The van der Waals surface area contributed by atoms with E-state index in [1.807, 2.05) is 0 Å². The van der Waals surface area contributed by atoms with Crippen molar-refractivity contribution in [3.63, 3.8) is 0 Å². The normalized spacial score (nSPS) is 48.2. The van der Waals surface area contributed by atoms with Crippen molar-refractivity contribution in [2.75, 3.05) is 6.54 Å². The highest BCUT2D eigenvalue weighted by molar-refractivity contribution is 4.95. The van der Waals surface area contributed by atoms with Crippen LogP contribution in [0.2, 0.25) is 0 Å². The molecule has 1 heteroatoms. The van der Waals surface area contributed by atoms with E-state index in [1.54, 1.807) is 0 Å². The van der Waals surface area contributed by atoms with Gasteiger partial charge in [0.05, 0.1) is 0 Å². The summed E-state index contributed by atoms with van der Waals surface area (Å²) in [6.45, 7) is 8.44. The van der Waals surface area contributed by atoms with E-state index < -0.39 is 0 Å². The van der Waals surface area contributed by atoms with Crippen LogP contribution in [0.4, 0.5) is 0 Å². The van der Waals surface area contributed by atoms with E-state index in [0.29, 0.717) is 0 Å². The first kappa shape index (κ1) is 8.55. The van der Waals surface area contributed by atoms with Crippen molar-refractivity contribution < 1.29 is 0 Å². The Labute approximate surface area is 76.1 Å². The van der Waals surface area contributed by atoms with Gasteiger partial charge in [-0.15, -0.1) is 0 Å². The molecule has 3 aliphatic rings. The van der Waals surface area contributed by atoms with E-state index in [0.717, 1.165) is 23.9 Å². The molecule has 0 N–H and O–H groups in total. The maximum absolute atomic E-state index is 2.72. The van der Waals surface area contributed by atoms with E-state index >= 15 is 0 Å². The van der Waals surface area contributed by atoms with Gasteiger partial charge in [0.25, 0.3) is 0 Å². The Morgan fingerprint density at radius 1 is 1.25 bits per heavy atom. The fourth-order valence-corrected chi connectivity index (χ4v) is 3.53. The van der Waals surface area contributed by atoms with Gasteiger partial charge in [0.2, 0.25) is 0 Å². The first-order valence-corrected chi connectivity index (χ1v) is 5.49. The van der Waals surface area contributed by atoms with Crippen LogP contribution in [0.5, 0.6) is 0 Å². The third kappa shape index (κ3) is 1.10. The third-order valence-electron chi connectivity index (χ3n) is 4.18. The van der Waals surface area contributed by atoms with Gasteiger partial charge in [-0.3, -0.25) is 4.90 Å². The molecule has 4 unspecified atom stereocenters. The standard InChI is InChI=1S/C11H21N/c1-4-12-9(3)11-6-5-10(12)7-8(11)2/h8-11H,4-7H2,1-3H3. The highest BCUT2D eigenvalue weighted by atomic mass is 15.2. The zero-order valence-corrected chi connectivity index (χ0v) is 8.59. The van der Waals surface area contributed by atoms with Crippen molar-refractivity contribution >= 4 is 0 Å². The van der Waals surface area contributed by atoms with Gasteiger partial charge < -0.3 is 0 Å². The van der Waals surface area contributed by atoms with E-state index in [-0.39, 0.29) is 0 Å². The Bertz CT molecular complexity index is 162. The van der Waals surface area contributed by atoms with Crippen molar-refractivity contribution in [3.05, 3.63) is 0 Å². The number of hydrogen-bond acceptors (Lipinski definition) is 1. The Morgan fingerprint density at radius 3 is 2.50 bits per heavy atom. The molecule has 0 radical (unpaired) electrons. The number of hydrogen-bond donors (Lipinski definition) is 0. The molecule has 0 aromatic carbocycles. The third-order valence-corrected chi connectivity index (χ3v) is 4.18. The molecule has 4 atom stereocenters. The minimum atomic E-state index is 0.859. The lowest BCUT2D eigenvalue weighted by Crippen LogP contribution is -2.56. The second-order valence-electron chi connectivity index (χ2n) is 4.68. The highest BCUT2D eigenvalue weighted by Gasteiger charge is 2.42. The number of piperidine rings is 2.